The molecule has 1 aromatic carbocycles. The zero-order valence-corrected chi connectivity index (χ0v) is 8.64. The molecule has 15 heavy (non-hydrogen) atoms. The van der Waals surface area contributed by atoms with Crippen molar-refractivity contribution in [3.63, 3.8) is 0 Å². The largest absolute Gasteiger partial charge is 0.487 e. The van der Waals surface area contributed by atoms with Crippen LogP contribution in [0.4, 0.5) is 5.69 Å². The van der Waals surface area contributed by atoms with Crippen molar-refractivity contribution < 1.29 is 14.8 Å². The molecule has 0 amide bonds. The minimum Gasteiger partial charge on any atom is -0.487 e. The number of nitro groups is 1. The van der Waals surface area contributed by atoms with Gasteiger partial charge in [-0.05, 0) is 25.5 Å². The quantitative estimate of drug-likeness (QED) is 0.611. The average molecular weight is 211 g/mol. The van der Waals surface area contributed by atoms with E-state index in [2.05, 4.69) is 0 Å². The fourth-order valence-corrected chi connectivity index (χ4v) is 1.21. The Morgan fingerprint density at radius 3 is 2.73 bits per heavy atom. The number of hydrogen-bond donors (Lipinski definition) is 1. The molecular weight excluding hydrogens is 198 g/mol. The molecule has 1 atom stereocenters. The van der Waals surface area contributed by atoms with E-state index < -0.39 is 11.0 Å². The summed E-state index contributed by atoms with van der Waals surface area (Å²) in [5, 5.41) is 20.0. The highest BCUT2D eigenvalue weighted by atomic mass is 16.6. The molecule has 0 unspecified atom stereocenters. The molecule has 5 heteroatoms. The number of aliphatic hydroxyl groups is 1. The van der Waals surface area contributed by atoms with Gasteiger partial charge in [0.2, 0.25) is 0 Å². The molecule has 0 aliphatic carbocycles. The lowest BCUT2D eigenvalue weighted by Gasteiger charge is -2.07. The smallest absolute Gasteiger partial charge is 0.311 e. The van der Waals surface area contributed by atoms with Crippen LogP contribution < -0.4 is 4.74 Å². The van der Waals surface area contributed by atoms with Gasteiger partial charge < -0.3 is 9.84 Å². The Labute approximate surface area is 87.5 Å². The normalized spacial score (nSPS) is 12.2. The van der Waals surface area contributed by atoms with E-state index in [0.717, 1.165) is 0 Å². The van der Waals surface area contributed by atoms with Crippen LogP contribution in [0, 0.1) is 10.1 Å². The maximum Gasteiger partial charge on any atom is 0.311 e. The number of rotatable bonds is 4. The third-order valence-electron chi connectivity index (χ3n) is 1.96. The molecule has 5 nitrogen and oxygen atoms in total. The van der Waals surface area contributed by atoms with Gasteiger partial charge in [-0.1, -0.05) is 6.07 Å². The summed E-state index contributed by atoms with van der Waals surface area (Å²) in [5.74, 6) is 0.229. The molecule has 1 aromatic rings. The minimum atomic E-state index is -0.723. The highest BCUT2D eigenvalue weighted by Gasteiger charge is 2.16. The summed E-state index contributed by atoms with van der Waals surface area (Å²) < 4.78 is 5.11. The lowest BCUT2D eigenvalue weighted by Crippen LogP contribution is -1.99. The maximum atomic E-state index is 10.7. The van der Waals surface area contributed by atoms with Gasteiger partial charge in [-0.25, -0.2) is 0 Å². The third kappa shape index (κ3) is 2.66. The van der Waals surface area contributed by atoms with Crippen molar-refractivity contribution in [1.82, 2.24) is 0 Å². The Bertz CT molecular complexity index is 362. The number of nitro benzene ring substituents is 1. The second-order valence-corrected chi connectivity index (χ2v) is 3.09. The molecule has 0 aromatic heterocycles. The number of nitrogens with zero attached hydrogens (tertiary/aromatic N) is 1. The molecule has 0 aliphatic heterocycles. The van der Waals surface area contributed by atoms with Crippen molar-refractivity contribution in [2.45, 2.75) is 20.0 Å². The predicted molar refractivity (Wildman–Crippen MR) is 54.9 cm³/mol. The molecule has 0 radical (unpaired) electrons. The van der Waals surface area contributed by atoms with Crippen LogP contribution in [-0.4, -0.2) is 16.6 Å². The summed E-state index contributed by atoms with van der Waals surface area (Å²) in [5.41, 5.74) is 0.389. The minimum absolute atomic E-state index is 0.116. The van der Waals surface area contributed by atoms with Crippen LogP contribution in [0.25, 0.3) is 0 Å². The van der Waals surface area contributed by atoms with Gasteiger partial charge >= 0.3 is 5.69 Å². The lowest BCUT2D eigenvalue weighted by atomic mass is 10.1. The first-order chi connectivity index (χ1) is 7.06. The lowest BCUT2D eigenvalue weighted by molar-refractivity contribution is -0.386. The summed E-state index contributed by atoms with van der Waals surface area (Å²) in [6.07, 6.45) is -0.723. The SMILES string of the molecule is CCOc1ccc([C@H](C)O)cc1[N+](=O)[O-]. The molecule has 0 saturated heterocycles. The van der Waals surface area contributed by atoms with Crippen LogP contribution in [0.5, 0.6) is 5.75 Å². The van der Waals surface area contributed by atoms with Gasteiger partial charge in [0.1, 0.15) is 0 Å². The van der Waals surface area contributed by atoms with Gasteiger partial charge in [0.25, 0.3) is 0 Å². The van der Waals surface area contributed by atoms with Crippen molar-refractivity contribution in [2.24, 2.45) is 0 Å². The topological polar surface area (TPSA) is 72.6 Å². The molecule has 0 aliphatic rings. The molecule has 82 valence electrons. The second-order valence-electron chi connectivity index (χ2n) is 3.09. The summed E-state index contributed by atoms with van der Waals surface area (Å²) in [7, 11) is 0. The molecule has 0 fully saturated rings. The van der Waals surface area contributed by atoms with E-state index in [4.69, 9.17) is 4.74 Å². The first-order valence-corrected chi connectivity index (χ1v) is 4.65. The summed E-state index contributed by atoms with van der Waals surface area (Å²) in [6, 6.07) is 4.45. The standard InChI is InChI=1S/C10H13NO4/c1-3-15-10-5-4-8(7(2)12)6-9(10)11(13)14/h4-7,12H,3H2,1-2H3/t7-/m0/s1. The monoisotopic (exact) mass is 211 g/mol. The Kier molecular flexibility index (Phi) is 3.62. The van der Waals surface area contributed by atoms with E-state index >= 15 is 0 Å². The zero-order valence-electron chi connectivity index (χ0n) is 8.64. The predicted octanol–water partition coefficient (Wildman–Crippen LogP) is 2.05. The van der Waals surface area contributed by atoms with Crippen LogP contribution in [0.3, 0.4) is 0 Å². The first kappa shape index (κ1) is 11.5. The molecule has 0 spiro atoms. The van der Waals surface area contributed by atoms with E-state index in [9.17, 15) is 15.2 Å². The highest BCUT2D eigenvalue weighted by molar-refractivity contribution is 5.49. The highest BCUT2D eigenvalue weighted by Crippen LogP contribution is 2.29. The third-order valence-corrected chi connectivity index (χ3v) is 1.96. The van der Waals surface area contributed by atoms with E-state index in [1.54, 1.807) is 19.9 Å². The van der Waals surface area contributed by atoms with E-state index in [1.165, 1.54) is 12.1 Å². The number of benzene rings is 1. The van der Waals surface area contributed by atoms with E-state index in [-0.39, 0.29) is 11.4 Å². The fourth-order valence-electron chi connectivity index (χ4n) is 1.21. The Hall–Kier alpha value is -1.62. The summed E-state index contributed by atoms with van der Waals surface area (Å²) in [4.78, 5) is 10.2. The average Bonchev–Trinajstić information content (AvgIpc) is 2.18. The number of aliphatic hydroxyl groups excluding tert-OH is 1. The van der Waals surface area contributed by atoms with Gasteiger partial charge in [-0.2, -0.15) is 0 Å². The summed E-state index contributed by atoms with van der Waals surface area (Å²) >= 11 is 0. The van der Waals surface area contributed by atoms with Crippen molar-refractivity contribution in [2.75, 3.05) is 6.61 Å². The van der Waals surface area contributed by atoms with Crippen molar-refractivity contribution in [1.29, 1.82) is 0 Å². The maximum absolute atomic E-state index is 10.7. The van der Waals surface area contributed by atoms with Gasteiger partial charge in [0, 0.05) is 6.07 Å². The van der Waals surface area contributed by atoms with Crippen LogP contribution in [0.2, 0.25) is 0 Å². The number of hydrogen-bond acceptors (Lipinski definition) is 4. The Balaban J connectivity index is 3.14. The number of ether oxygens (including phenoxy) is 1. The molecule has 0 bridgehead atoms. The Morgan fingerprint density at radius 2 is 2.27 bits per heavy atom. The van der Waals surface area contributed by atoms with E-state index in [1.807, 2.05) is 0 Å². The second kappa shape index (κ2) is 4.75. The van der Waals surface area contributed by atoms with Crippen LogP contribution >= 0.6 is 0 Å². The van der Waals surface area contributed by atoms with Gasteiger partial charge in [-0.15, -0.1) is 0 Å². The molecule has 1 rings (SSSR count). The molecule has 1 N–H and O–H groups in total. The van der Waals surface area contributed by atoms with Gasteiger partial charge in [-0.3, -0.25) is 10.1 Å². The zero-order chi connectivity index (χ0) is 11.4. The molecule has 0 heterocycles. The van der Waals surface area contributed by atoms with Crippen molar-refractivity contribution in [3.05, 3.63) is 33.9 Å². The van der Waals surface area contributed by atoms with Crippen LogP contribution in [-0.2, 0) is 0 Å². The van der Waals surface area contributed by atoms with Crippen LogP contribution in [0.15, 0.2) is 18.2 Å². The van der Waals surface area contributed by atoms with Crippen molar-refractivity contribution in [3.8, 4) is 5.75 Å². The Morgan fingerprint density at radius 1 is 1.60 bits per heavy atom. The fraction of sp³-hybridized carbons (Fsp3) is 0.400. The van der Waals surface area contributed by atoms with Crippen LogP contribution in [0.1, 0.15) is 25.5 Å². The molecular formula is C10H13NO4. The van der Waals surface area contributed by atoms with Gasteiger partial charge in [0.05, 0.1) is 17.6 Å². The van der Waals surface area contributed by atoms with E-state index in [0.29, 0.717) is 12.2 Å². The molecule has 0 saturated carbocycles. The van der Waals surface area contributed by atoms with Gasteiger partial charge in [0.15, 0.2) is 5.75 Å². The van der Waals surface area contributed by atoms with Crippen molar-refractivity contribution >= 4 is 5.69 Å². The summed E-state index contributed by atoms with van der Waals surface area (Å²) in [6.45, 7) is 3.68. The first-order valence-electron chi connectivity index (χ1n) is 4.65.